The van der Waals surface area contributed by atoms with Crippen molar-refractivity contribution < 1.29 is 30.0 Å². The number of carbonyl (C=O) groups excluding carboxylic acids is 1. The molecule has 0 bridgehead atoms. The average Bonchev–Trinajstić information content (AvgIpc) is 3.04. The summed E-state index contributed by atoms with van der Waals surface area (Å²) in [6.07, 6.45) is 8.34. The van der Waals surface area contributed by atoms with Crippen LogP contribution in [0.4, 0.5) is 5.69 Å². The number of amides is 1. The molecule has 11 nitrogen and oxygen atoms in total. The fourth-order valence-electron chi connectivity index (χ4n) is 6.52. The number of piperidine rings is 2. The van der Waals surface area contributed by atoms with E-state index in [4.69, 9.17) is 0 Å². The highest BCUT2D eigenvalue weighted by molar-refractivity contribution is 7.89. The number of rotatable bonds is 10. The van der Waals surface area contributed by atoms with Crippen molar-refractivity contribution in [3.8, 4) is 0 Å². The van der Waals surface area contributed by atoms with Gasteiger partial charge in [-0.1, -0.05) is 32.6 Å². The highest BCUT2D eigenvalue weighted by Gasteiger charge is 2.35. The number of nitrogens with one attached hydrogen (secondary N) is 1. The molecule has 2 aromatic carbocycles. The monoisotopic (exact) mass is 680 g/mol. The number of hydrogen-bond donors (Lipinski definition) is 1. The van der Waals surface area contributed by atoms with Gasteiger partial charge < -0.3 is 5.32 Å². The molecule has 1 saturated carbocycles. The Kier molecular flexibility index (Phi) is 10.7. The number of carbonyl (C=O) groups is 1. The van der Waals surface area contributed by atoms with Crippen molar-refractivity contribution in [1.29, 1.82) is 0 Å². The summed E-state index contributed by atoms with van der Waals surface area (Å²) in [5, 5.41) is 2.72. The van der Waals surface area contributed by atoms with E-state index in [9.17, 15) is 30.0 Å². The minimum atomic E-state index is -4.14. The summed E-state index contributed by atoms with van der Waals surface area (Å²) in [7, 11) is -11.5. The predicted molar refractivity (Wildman–Crippen MR) is 172 cm³/mol. The molecule has 3 fully saturated rings. The van der Waals surface area contributed by atoms with E-state index in [-0.39, 0.29) is 26.6 Å². The van der Waals surface area contributed by atoms with Gasteiger partial charge in [-0.05, 0) is 93.0 Å². The molecule has 3 aliphatic rings. The summed E-state index contributed by atoms with van der Waals surface area (Å²) in [5.41, 5.74) is 0.361. The lowest BCUT2D eigenvalue weighted by Gasteiger charge is -2.33. The first-order chi connectivity index (χ1) is 21.4. The van der Waals surface area contributed by atoms with E-state index in [1.54, 1.807) is 0 Å². The second kappa shape index (κ2) is 14.2. The van der Waals surface area contributed by atoms with Gasteiger partial charge in [-0.25, -0.2) is 25.3 Å². The Morgan fingerprint density at radius 3 is 1.80 bits per heavy atom. The second-order valence-electron chi connectivity index (χ2n) is 12.5. The van der Waals surface area contributed by atoms with E-state index in [0.717, 1.165) is 51.4 Å². The lowest BCUT2D eigenvalue weighted by atomic mass is 9.95. The maximum Gasteiger partial charge on any atom is 0.243 e. The van der Waals surface area contributed by atoms with Gasteiger partial charge in [0.2, 0.25) is 36.0 Å². The van der Waals surface area contributed by atoms with Crippen LogP contribution in [0.2, 0.25) is 0 Å². The summed E-state index contributed by atoms with van der Waals surface area (Å²) in [4.78, 5) is 13.4. The number of hydrogen-bond acceptors (Lipinski definition) is 7. The van der Waals surface area contributed by atoms with Gasteiger partial charge in [-0.2, -0.15) is 12.9 Å². The van der Waals surface area contributed by atoms with Gasteiger partial charge in [0.25, 0.3) is 0 Å². The molecule has 2 heterocycles. The largest absolute Gasteiger partial charge is 0.325 e. The van der Waals surface area contributed by atoms with Crippen LogP contribution in [-0.2, 0) is 34.9 Å². The van der Waals surface area contributed by atoms with Crippen LogP contribution >= 0.6 is 0 Å². The molecule has 45 heavy (non-hydrogen) atoms. The Morgan fingerprint density at radius 1 is 0.689 bits per heavy atom. The van der Waals surface area contributed by atoms with Crippen LogP contribution in [0.1, 0.15) is 71.1 Å². The van der Waals surface area contributed by atoms with Crippen molar-refractivity contribution >= 4 is 41.7 Å². The predicted octanol–water partition coefficient (Wildman–Crippen LogP) is 4.24. The SMILES string of the molecule is C[C@H]1CCCN(S(=O)(=O)c2ccc(S(=O)(=O)N(CC(=O)Nc3ccc(S(=O)(=O)N4CCCCC4)cc3)C3CCCCC3)cc2)C1. The van der Waals surface area contributed by atoms with Crippen molar-refractivity contribution in [2.24, 2.45) is 5.92 Å². The molecule has 0 spiro atoms. The zero-order chi connectivity index (χ0) is 32.2. The van der Waals surface area contributed by atoms with Crippen LogP contribution in [-0.4, -0.2) is 82.8 Å². The third kappa shape index (κ3) is 7.79. The summed E-state index contributed by atoms with van der Waals surface area (Å²) in [6, 6.07) is 10.8. The molecule has 1 amide bonds. The molecule has 2 saturated heterocycles. The molecule has 1 atom stereocenters. The van der Waals surface area contributed by atoms with E-state index >= 15 is 0 Å². The first-order valence-corrected chi connectivity index (χ1v) is 20.2. The van der Waals surface area contributed by atoms with Gasteiger partial charge in [0, 0.05) is 37.9 Å². The minimum Gasteiger partial charge on any atom is -0.325 e. The standard InChI is InChI=1S/C31H44N4O7S3/c1-25-9-8-22-34(23-25)44(39,40)29-16-18-30(19-17-29)45(41,42)35(27-10-4-2-5-11-27)24-31(36)32-26-12-14-28(15-13-26)43(37,38)33-20-6-3-7-21-33/h12-19,25,27H,2-11,20-24H2,1H3,(H,32,36)/t25-/m0/s1. The minimum absolute atomic E-state index is 0.0447. The Morgan fingerprint density at radius 2 is 1.20 bits per heavy atom. The van der Waals surface area contributed by atoms with Crippen molar-refractivity contribution in [2.45, 2.75) is 91.9 Å². The fourth-order valence-corrected chi connectivity index (χ4v) is 11.3. The molecule has 2 aromatic rings. The van der Waals surface area contributed by atoms with Crippen LogP contribution < -0.4 is 5.32 Å². The topological polar surface area (TPSA) is 141 Å². The van der Waals surface area contributed by atoms with E-state index in [1.165, 1.54) is 61.4 Å². The highest BCUT2D eigenvalue weighted by atomic mass is 32.2. The molecular formula is C31H44N4O7S3. The zero-order valence-electron chi connectivity index (χ0n) is 25.8. The number of sulfonamides is 3. The van der Waals surface area contributed by atoms with E-state index < -0.39 is 42.5 Å². The molecular weight excluding hydrogens is 637 g/mol. The molecule has 5 rings (SSSR count). The van der Waals surface area contributed by atoms with Crippen LogP contribution in [0, 0.1) is 5.92 Å². The van der Waals surface area contributed by atoms with Gasteiger partial charge in [-0.3, -0.25) is 4.79 Å². The first kappa shape index (κ1) is 34.0. The molecule has 1 N–H and O–H groups in total. The Bertz CT molecular complexity index is 1650. The Hall–Kier alpha value is -2.36. The number of benzene rings is 2. The van der Waals surface area contributed by atoms with Crippen molar-refractivity contribution in [3.63, 3.8) is 0 Å². The van der Waals surface area contributed by atoms with Crippen molar-refractivity contribution in [3.05, 3.63) is 48.5 Å². The second-order valence-corrected chi connectivity index (χ2v) is 18.2. The normalized spacial score (nSPS) is 21.5. The van der Waals surface area contributed by atoms with Gasteiger partial charge in [0.05, 0.1) is 21.2 Å². The van der Waals surface area contributed by atoms with Crippen LogP contribution in [0.25, 0.3) is 0 Å². The zero-order valence-corrected chi connectivity index (χ0v) is 28.3. The summed E-state index contributed by atoms with van der Waals surface area (Å²) < 4.78 is 84.5. The maximum absolute atomic E-state index is 13.9. The van der Waals surface area contributed by atoms with Gasteiger partial charge in [-0.15, -0.1) is 0 Å². The van der Waals surface area contributed by atoms with E-state index in [1.807, 2.05) is 6.92 Å². The van der Waals surface area contributed by atoms with Crippen molar-refractivity contribution in [1.82, 2.24) is 12.9 Å². The quantitative estimate of drug-likeness (QED) is 0.396. The highest BCUT2D eigenvalue weighted by Crippen LogP contribution is 2.30. The van der Waals surface area contributed by atoms with Crippen molar-refractivity contribution in [2.75, 3.05) is 38.0 Å². The van der Waals surface area contributed by atoms with Crippen LogP contribution in [0.3, 0.4) is 0 Å². The summed E-state index contributed by atoms with van der Waals surface area (Å²) in [5.74, 6) is -0.289. The summed E-state index contributed by atoms with van der Waals surface area (Å²) >= 11 is 0. The Labute approximate surface area is 268 Å². The molecule has 2 aliphatic heterocycles. The van der Waals surface area contributed by atoms with Crippen LogP contribution in [0.15, 0.2) is 63.2 Å². The molecule has 248 valence electrons. The smallest absolute Gasteiger partial charge is 0.243 e. The molecule has 0 radical (unpaired) electrons. The van der Waals surface area contributed by atoms with E-state index in [0.29, 0.717) is 44.7 Å². The van der Waals surface area contributed by atoms with Gasteiger partial charge in [0.15, 0.2) is 0 Å². The molecule has 0 unspecified atom stereocenters. The Balaban J connectivity index is 1.31. The van der Waals surface area contributed by atoms with Gasteiger partial charge >= 0.3 is 0 Å². The maximum atomic E-state index is 13.9. The molecule has 14 heteroatoms. The van der Waals surface area contributed by atoms with Gasteiger partial charge in [0.1, 0.15) is 0 Å². The number of nitrogens with zero attached hydrogens (tertiary/aromatic N) is 3. The average molecular weight is 681 g/mol. The lowest BCUT2D eigenvalue weighted by molar-refractivity contribution is -0.116. The first-order valence-electron chi connectivity index (χ1n) is 15.9. The molecule has 0 aromatic heterocycles. The summed E-state index contributed by atoms with van der Waals surface area (Å²) in [6.45, 7) is 3.44. The van der Waals surface area contributed by atoms with E-state index in [2.05, 4.69) is 5.32 Å². The lowest BCUT2D eigenvalue weighted by Crippen LogP contribution is -2.45. The fraction of sp³-hybridized carbons (Fsp3) is 0.581. The number of anilines is 1. The van der Waals surface area contributed by atoms with Crippen LogP contribution in [0.5, 0.6) is 0 Å². The molecule has 1 aliphatic carbocycles. The third-order valence-corrected chi connectivity index (χ3v) is 14.8. The third-order valence-electron chi connectivity index (χ3n) is 9.06.